The number of carbonyl (C=O) groups excluding carboxylic acids is 1. The summed E-state index contributed by atoms with van der Waals surface area (Å²) in [5.41, 5.74) is 2.84. The van der Waals surface area contributed by atoms with Crippen molar-refractivity contribution in [3.05, 3.63) is 59.9 Å². The topological polar surface area (TPSA) is 51.5 Å². The van der Waals surface area contributed by atoms with Crippen molar-refractivity contribution >= 4 is 22.7 Å². The number of para-hydroxylation sites is 1. The first-order valence-corrected chi connectivity index (χ1v) is 7.88. The van der Waals surface area contributed by atoms with E-state index in [2.05, 4.69) is 5.32 Å². The maximum absolute atomic E-state index is 12.0. The van der Waals surface area contributed by atoms with Crippen molar-refractivity contribution in [2.45, 2.75) is 25.7 Å². The van der Waals surface area contributed by atoms with E-state index in [9.17, 15) is 4.79 Å². The minimum atomic E-state index is -0.493. The van der Waals surface area contributed by atoms with E-state index < -0.39 is 6.09 Å². The van der Waals surface area contributed by atoms with Gasteiger partial charge >= 0.3 is 6.09 Å². The molecule has 0 fully saturated rings. The first kappa shape index (κ1) is 13.9. The molecule has 2 aromatic carbocycles. The molecule has 0 radical (unpaired) electrons. The van der Waals surface area contributed by atoms with Gasteiger partial charge in [0.2, 0.25) is 0 Å². The van der Waals surface area contributed by atoms with Crippen LogP contribution in [0.3, 0.4) is 0 Å². The minimum Gasteiger partial charge on any atom is -0.461 e. The van der Waals surface area contributed by atoms with Crippen molar-refractivity contribution in [3.63, 3.8) is 0 Å². The number of aryl methyl sites for hydroxylation is 2. The van der Waals surface area contributed by atoms with Gasteiger partial charge in [0.15, 0.2) is 0 Å². The maximum atomic E-state index is 12.0. The van der Waals surface area contributed by atoms with E-state index >= 15 is 0 Å². The van der Waals surface area contributed by atoms with Crippen LogP contribution in [0.15, 0.2) is 52.9 Å². The molecule has 1 N–H and O–H groups in total. The van der Waals surface area contributed by atoms with Crippen molar-refractivity contribution < 1.29 is 13.9 Å². The van der Waals surface area contributed by atoms with Gasteiger partial charge in [-0.1, -0.05) is 18.2 Å². The third-order valence-corrected chi connectivity index (χ3v) is 4.16. The van der Waals surface area contributed by atoms with Gasteiger partial charge < -0.3 is 9.15 Å². The average Bonchev–Trinajstić information content (AvgIpc) is 2.94. The van der Waals surface area contributed by atoms with Crippen LogP contribution in [0.2, 0.25) is 0 Å². The molecule has 0 saturated carbocycles. The van der Waals surface area contributed by atoms with Crippen LogP contribution in [0.4, 0.5) is 10.5 Å². The molecule has 23 heavy (non-hydrogen) atoms. The lowest BCUT2D eigenvalue weighted by Crippen LogP contribution is -2.16. The fourth-order valence-corrected chi connectivity index (χ4v) is 3.08. The highest BCUT2D eigenvalue weighted by molar-refractivity contribution is 5.88. The van der Waals surface area contributed by atoms with Gasteiger partial charge in [0.1, 0.15) is 17.1 Å². The average molecular weight is 307 g/mol. The number of carbonyl (C=O) groups is 1. The van der Waals surface area contributed by atoms with E-state index in [-0.39, 0.29) is 0 Å². The van der Waals surface area contributed by atoms with E-state index in [1.165, 1.54) is 18.4 Å². The fraction of sp³-hybridized carbons (Fsp3) is 0.211. The molecule has 1 aliphatic carbocycles. The number of anilines is 1. The summed E-state index contributed by atoms with van der Waals surface area (Å²) in [6.45, 7) is 0. The smallest absolute Gasteiger partial charge is 0.417 e. The number of hydrogen-bond donors (Lipinski definition) is 1. The standard InChI is InChI=1S/C19H17NO3/c21-19(20-13-6-2-1-3-7-13)22-14-10-11-18-16(12-14)15-8-4-5-9-17(15)23-18/h1-3,6-7,10-12H,4-5,8-9H2,(H,20,21). The number of nitrogens with one attached hydrogen (secondary N) is 1. The zero-order valence-electron chi connectivity index (χ0n) is 12.7. The van der Waals surface area contributed by atoms with Gasteiger partial charge in [-0.3, -0.25) is 5.32 Å². The molecule has 4 nitrogen and oxygen atoms in total. The number of ether oxygens (including phenoxy) is 1. The van der Waals surface area contributed by atoms with Crippen LogP contribution in [0.25, 0.3) is 11.0 Å². The highest BCUT2D eigenvalue weighted by Gasteiger charge is 2.18. The Morgan fingerprint density at radius 2 is 1.87 bits per heavy atom. The highest BCUT2D eigenvalue weighted by atomic mass is 16.6. The summed E-state index contributed by atoms with van der Waals surface area (Å²) in [7, 11) is 0. The number of furan rings is 1. The highest BCUT2D eigenvalue weighted by Crippen LogP contribution is 2.34. The molecule has 0 unspecified atom stereocenters. The third-order valence-electron chi connectivity index (χ3n) is 4.16. The summed E-state index contributed by atoms with van der Waals surface area (Å²) >= 11 is 0. The number of fused-ring (bicyclic) bond motifs is 3. The summed E-state index contributed by atoms with van der Waals surface area (Å²) < 4.78 is 11.3. The predicted molar refractivity (Wildman–Crippen MR) is 88.9 cm³/mol. The molecule has 0 saturated heterocycles. The summed E-state index contributed by atoms with van der Waals surface area (Å²) in [5.74, 6) is 1.61. The molecule has 0 spiro atoms. The van der Waals surface area contributed by atoms with Crippen molar-refractivity contribution in [1.82, 2.24) is 0 Å². The molecular formula is C19H17NO3. The zero-order valence-corrected chi connectivity index (χ0v) is 12.7. The van der Waals surface area contributed by atoms with Crippen LogP contribution in [0, 0.1) is 0 Å². The van der Waals surface area contributed by atoms with Crippen LogP contribution < -0.4 is 10.1 Å². The van der Waals surface area contributed by atoms with Crippen LogP contribution >= 0.6 is 0 Å². The molecule has 0 atom stereocenters. The Hall–Kier alpha value is -2.75. The van der Waals surface area contributed by atoms with Gasteiger partial charge in [-0.15, -0.1) is 0 Å². The minimum absolute atomic E-state index is 0.493. The molecule has 0 aliphatic heterocycles. The Morgan fingerprint density at radius 3 is 2.74 bits per heavy atom. The summed E-state index contributed by atoms with van der Waals surface area (Å²) in [5, 5.41) is 3.77. The maximum Gasteiger partial charge on any atom is 0.417 e. The molecule has 1 aliphatic rings. The molecule has 4 rings (SSSR count). The Kier molecular flexibility index (Phi) is 3.50. The van der Waals surface area contributed by atoms with Crippen LogP contribution in [0.5, 0.6) is 5.75 Å². The third kappa shape index (κ3) is 2.80. The Labute approximate surface area is 134 Å². The lowest BCUT2D eigenvalue weighted by Gasteiger charge is -2.09. The molecule has 1 amide bonds. The van der Waals surface area contributed by atoms with E-state index in [0.717, 1.165) is 29.6 Å². The molecule has 0 bridgehead atoms. The molecule has 4 heteroatoms. The summed E-state index contributed by atoms with van der Waals surface area (Å²) in [4.78, 5) is 12.0. The van der Waals surface area contributed by atoms with Gasteiger partial charge in [-0.2, -0.15) is 0 Å². The molecule has 116 valence electrons. The zero-order chi connectivity index (χ0) is 15.6. The van der Waals surface area contributed by atoms with Gasteiger partial charge in [0.25, 0.3) is 0 Å². The van der Waals surface area contributed by atoms with Gasteiger partial charge in [0.05, 0.1) is 0 Å². The van der Waals surface area contributed by atoms with Gasteiger partial charge in [-0.05, 0) is 49.6 Å². The fourth-order valence-electron chi connectivity index (χ4n) is 3.08. The normalized spacial score (nSPS) is 13.6. The molecule has 1 heterocycles. The lowest BCUT2D eigenvalue weighted by atomic mass is 9.96. The SMILES string of the molecule is O=C(Nc1ccccc1)Oc1ccc2oc3c(c2c1)CCCC3. The van der Waals surface area contributed by atoms with E-state index in [4.69, 9.17) is 9.15 Å². The number of benzene rings is 2. The first-order chi connectivity index (χ1) is 11.3. The second-order valence-electron chi connectivity index (χ2n) is 5.75. The Bertz CT molecular complexity index is 852. The van der Waals surface area contributed by atoms with Crippen molar-refractivity contribution in [2.75, 3.05) is 5.32 Å². The van der Waals surface area contributed by atoms with Gasteiger partial charge in [0, 0.05) is 23.1 Å². The largest absolute Gasteiger partial charge is 0.461 e. The van der Waals surface area contributed by atoms with Gasteiger partial charge in [-0.25, -0.2) is 4.79 Å². The van der Waals surface area contributed by atoms with Crippen LogP contribution in [0.1, 0.15) is 24.2 Å². The Morgan fingerprint density at radius 1 is 1.04 bits per heavy atom. The van der Waals surface area contributed by atoms with Crippen LogP contribution in [-0.2, 0) is 12.8 Å². The van der Waals surface area contributed by atoms with Crippen LogP contribution in [-0.4, -0.2) is 6.09 Å². The second-order valence-corrected chi connectivity index (χ2v) is 5.75. The van der Waals surface area contributed by atoms with E-state index in [0.29, 0.717) is 11.4 Å². The molecule has 3 aromatic rings. The van der Waals surface area contributed by atoms with Crippen molar-refractivity contribution in [1.29, 1.82) is 0 Å². The quantitative estimate of drug-likeness (QED) is 0.731. The predicted octanol–water partition coefficient (Wildman–Crippen LogP) is 4.92. The molecular weight excluding hydrogens is 290 g/mol. The number of amides is 1. The first-order valence-electron chi connectivity index (χ1n) is 7.88. The van der Waals surface area contributed by atoms with Crippen molar-refractivity contribution in [2.24, 2.45) is 0 Å². The molecule has 1 aromatic heterocycles. The van der Waals surface area contributed by atoms with E-state index in [1.807, 2.05) is 42.5 Å². The van der Waals surface area contributed by atoms with E-state index in [1.54, 1.807) is 6.07 Å². The number of hydrogen-bond acceptors (Lipinski definition) is 3. The lowest BCUT2D eigenvalue weighted by molar-refractivity contribution is 0.215. The van der Waals surface area contributed by atoms with Crippen molar-refractivity contribution in [3.8, 4) is 5.75 Å². The monoisotopic (exact) mass is 307 g/mol. The summed E-state index contributed by atoms with van der Waals surface area (Å²) in [6.07, 6.45) is 3.89. The summed E-state index contributed by atoms with van der Waals surface area (Å²) in [6, 6.07) is 14.8. The number of rotatable bonds is 2. The second kappa shape index (κ2) is 5.80. The Balaban J connectivity index is 1.56.